The summed E-state index contributed by atoms with van der Waals surface area (Å²) in [6, 6.07) is 1.65. The van der Waals surface area contributed by atoms with Crippen LogP contribution in [0.25, 0.3) is 0 Å². The lowest BCUT2D eigenvalue weighted by Crippen LogP contribution is -2.30. The molecule has 0 unspecified atom stereocenters. The minimum Gasteiger partial charge on any atom is -0.369 e. The van der Waals surface area contributed by atoms with Gasteiger partial charge in [-0.2, -0.15) is 0 Å². The molecule has 5 nitrogen and oxygen atoms in total. The van der Waals surface area contributed by atoms with Crippen molar-refractivity contribution < 1.29 is 4.79 Å². The van der Waals surface area contributed by atoms with Crippen LogP contribution in [0, 0.1) is 5.92 Å². The number of nitrogens with one attached hydrogen (secondary N) is 3. The summed E-state index contributed by atoms with van der Waals surface area (Å²) in [4.78, 5) is 15.8. The lowest BCUT2D eigenvalue weighted by molar-refractivity contribution is -0.122. The Bertz CT molecular complexity index is 492. The quantitative estimate of drug-likeness (QED) is 0.677. The van der Waals surface area contributed by atoms with Crippen molar-refractivity contribution in [3.8, 4) is 0 Å². The summed E-state index contributed by atoms with van der Waals surface area (Å²) < 4.78 is 0. The van der Waals surface area contributed by atoms with E-state index in [1.54, 1.807) is 6.07 Å². The van der Waals surface area contributed by atoms with Gasteiger partial charge >= 0.3 is 0 Å². The third kappa shape index (κ3) is 4.15. The third-order valence-electron chi connectivity index (χ3n) is 2.94. The van der Waals surface area contributed by atoms with Crippen molar-refractivity contribution in [3.63, 3.8) is 0 Å². The number of nitrogens with zero attached hydrogens (tertiary/aromatic N) is 1. The Balaban J connectivity index is 1.84. The molecule has 1 aliphatic carbocycles. The van der Waals surface area contributed by atoms with Crippen molar-refractivity contribution in [1.82, 2.24) is 10.3 Å². The number of halogens is 2. The molecule has 0 aliphatic heterocycles. The van der Waals surface area contributed by atoms with E-state index < -0.39 is 0 Å². The number of pyridine rings is 1. The van der Waals surface area contributed by atoms with E-state index in [-0.39, 0.29) is 11.8 Å². The van der Waals surface area contributed by atoms with Crippen LogP contribution in [0.4, 0.5) is 11.6 Å². The molecule has 1 aliphatic rings. The Labute approximate surface area is 128 Å². The Morgan fingerprint density at radius 3 is 2.50 bits per heavy atom. The molecule has 0 radical (unpaired) electrons. The standard InChI is InChI=1S/C13H18Cl2N4O/c1-2-16-11-9(14)7-10(15)12(19-11)17-5-6-18-13(20)8-3-4-8/h7-8H,2-6H2,1H3,(H,18,20)(H2,16,17,19). The van der Waals surface area contributed by atoms with Crippen LogP contribution in [0.1, 0.15) is 19.8 Å². The first kappa shape index (κ1) is 15.2. The summed E-state index contributed by atoms with van der Waals surface area (Å²) >= 11 is 12.1. The molecule has 2 rings (SSSR count). The molecule has 0 atom stereocenters. The monoisotopic (exact) mass is 316 g/mol. The second-order valence-electron chi connectivity index (χ2n) is 4.67. The Kier molecular flexibility index (Phi) is 5.31. The second-order valence-corrected chi connectivity index (χ2v) is 5.49. The summed E-state index contributed by atoms with van der Waals surface area (Å²) in [5.74, 6) is 1.53. The number of amides is 1. The van der Waals surface area contributed by atoms with E-state index in [1.165, 1.54) is 0 Å². The van der Waals surface area contributed by atoms with E-state index in [9.17, 15) is 4.79 Å². The average Bonchev–Trinajstić information content (AvgIpc) is 3.23. The molecule has 3 N–H and O–H groups in total. The van der Waals surface area contributed by atoms with Crippen molar-refractivity contribution >= 4 is 40.7 Å². The fraction of sp³-hybridized carbons (Fsp3) is 0.538. The fourth-order valence-electron chi connectivity index (χ4n) is 1.74. The molecule has 0 aromatic carbocycles. The minimum atomic E-state index is 0.135. The highest BCUT2D eigenvalue weighted by molar-refractivity contribution is 6.37. The van der Waals surface area contributed by atoms with Crippen molar-refractivity contribution in [1.29, 1.82) is 0 Å². The predicted molar refractivity (Wildman–Crippen MR) is 82.6 cm³/mol. The third-order valence-corrected chi connectivity index (χ3v) is 3.51. The number of rotatable bonds is 7. The van der Waals surface area contributed by atoms with Gasteiger partial charge in [-0.25, -0.2) is 4.98 Å². The van der Waals surface area contributed by atoms with E-state index in [0.29, 0.717) is 34.8 Å². The number of hydrogen-bond donors (Lipinski definition) is 3. The van der Waals surface area contributed by atoms with Crippen LogP contribution in [-0.2, 0) is 4.79 Å². The molecular formula is C13H18Cl2N4O. The summed E-state index contributed by atoms with van der Waals surface area (Å²) in [7, 11) is 0. The number of aromatic nitrogens is 1. The lowest BCUT2D eigenvalue weighted by Gasteiger charge is -2.12. The van der Waals surface area contributed by atoms with Crippen molar-refractivity contribution in [3.05, 3.63) is 16.1 Å². The second kappa shape index (κ2) is 6.99. The molecule has 110 valence electrons. The van der Waals surface area contributed by atoms with E-state index >= 15 is 0 Å². The van der Waals surface area contributed by atoms with Gasteiger partial charge in [0.2, 0.25) is 5.91 Å². The largest absolute Gasteiger partial charge is 0.369 e. The topological polar surface area (TPSA) is 66.1 Å². The molecular weight excluding hydrogens is 299 g/mol. The van der Waals surface area contributed by atoms with Gasteiger partial charge < -0.3 is 16.0 Å². The first-order valence-corrected chi connectivity index (χ1v) is 7.49. The van der Waals surface area contributed by atoms with Crippen LogP contribution in [0.5, 0.6) is 0 Å². The molecule has 7 heteroatoms. The van der Waals surface area contributed by atoms with Gasteiger partial charge in [0.05, 0.1) is 10.0 Å². The van der Waals surface area contributed by atoms with Crippen LogP contribution in [0.3, 0.4) is 0 Å². The SMILES string of the molecule is CCNc1nc(NCCNC(=O)C2CC2)c(Cl)cc1Cl. The lowest BCUT2D eigenvalue weighted by atomic mass is 10.4. The molecule has 0 saturated heterocycles. The van der Waals surface area contributed by atoms with Gasteiger partial charge in [0, 0.05) is 25.6 Å². The van der Waals surface area contributed by atoms with Crippen LogP contribution in [-0.4, -0.2) is 30.5 Å². The number of carbonyl (C=O) groups is 1. The molecule has 1 aromatic heterocycles. The molecule has 0 bridgehead atoms. The summed E-state index contributed by atoms with van der Waals surface area (Å²) in [6.07, 6.45) is 2.02. The minimum absolute atomic E-state index is 0.135. The molecule has 1 aromatic rings. The van der Waals surface area contributed by atoms with Crippen LogP contribution in [0.2, 0.25) is 10.0 Å². The van der Waals surface area contributed by atoms with Gasteiger partial charge in [0.25, 0.3) is 0 Å². The predicted octanol–water partition coefficient (Wildman–Crippen LogP) is 2.76. The van der Waals surface area contributed by atoms with Crippen molar-refractivity contribution in [2.45, 2.75) is 19.8 Å². The highest BCUT2D eigenvalue weighted by atomic mass is 35.5. The Morgan fingerprint density at radius 1 is 1.25 bits per heavy atom. The molecule has 1 fully saturated rings. The zero-order valence-electron chi connectivity index (χ0n) is 11.3. The van der Waals surface area contributed by atoms with Crippen molar-refractivity contribution in [2.24, 2.45) is 5.92 Å². The first-order valence-electron chi connectivity index (χ1n) is 6.73. The van der Waals surface area contributed by atoms with Gasteiger partial charge in [-0.1, -0.05) is 23.2 Å². The van der Waals surface area contributed by atoms with Crippen LogP contribution in [0.15, 0.2) is 6.07 Å². The molecule has 1 amide bonds. The number of hydrogen-bond acceptors (Lipinski definition) is 4. The Hall–Kier alpha value is -1.20. The molecule has 0 spiro atoms. The van der Waals surface area contributed by atoms with E-state index in [1.807, 2.05) is 6.92 Å². The van der Waals surface area contributed by atoms with Gasteiger partial charge in [0.15, 0.2) is 0 Å². The number of carbonyl (C=O) groups excluding carboxylic acids is 1. The van der Waals surface area contributed by atoms with E-state index in [2.05, 4.69) is 20.9 Å². The highest BCUT2D eigenvalue weighted by Crippen LogP contribution is 2.29. The van der Waals surface area contributed by atoms with Gasteiger partial charge in [-0.05, 0) is 25.8 Å². The number of anilines is 2. The van der Waals surface area contributed by atoms with E-state index in [0.717, 1.165) is 19.4 Å². The summed E-state index contributed by atoms with van der Waals surface area (Å²) in [5, 5.41) is 9.99. The highest BCUT2D eigenvalue weighted by Gasteiger charge is 2.28. The van der Waals surface area contributed by atoms with Gasteiger partial charge in [0.1, 0.15) is 11.6 Å². The Morgan fingerprint density at radius 2 is 1.90 bits per heavy atom. The van der Waals surface area contributed by atoms with Crippen LogP contribution < -0.4 is 16.0 Å². The summed E-state index contributed by atoms with van der Waals surface area (Å²) in [6.45, 7) is 3.81. The fourth-order valence-corrected chi connectivity index (χ4v) is 2.23. The maximum Gasteiger partial charge on any atom is 0.223 e. The smallest absolute Gasteiger partial charge is 0.223 e. The maximum atomic E-state index is 11.5. The zero-order chi connectivity index (χ0) is 14.5. The van der Waals surface area contributed by atoms with E-state index in [4.69, 9.17) is 23.2 Å². The normalized spacial score (nSPS) is 13.9. The molecule has 20 heavy (non-hydrogen) atoms. The van der Waals surface area contributed by atoms with Crippen molar-refractivity contribution in [2.75, 3.05) is 30.3 Å². The molecule has 1 heterocycles. The summed E-state index contributed by atoms with van der Waals surface area (Å²) in [5.41, 5.74) is 0. The maximum absolute atomic E-state index is 11.5. The molecule has 1 saturated carbocycles. The average molecular weight is 317 g/mol. The first-order chi connectivity index (χ1) is 9.61. The van der Waals surface area contributed by atoms with Gasteiger partial charge in [-0.3, -0.25) is 4.79 Å². The van der Waals surface area contributed by atoms with Crippen LogP contribution >= 0.6 is 23.2 Å². The zero-order valence-corrected chi connectivity index (χ0v) is 12.8. The van der Waals surface area contributed by atoms with Gasteiger partial charge in [-0.15, -0.1) is 0 Å².